The van der Waals surface area contributed by atoms with Gasteiger partial charge >= 0.3 is 6.09 Å². The highest BCUT2D eigenvalue weighted by Crippen LogP contribution is 2.21. The number of carbonyl (C=O) groups excluding carboxylic acids is 2. The molecule has 2 amide bonds. The van der Waals surface area contributed by atoms with Crippen LogP contribution < -0.4 is 10.6 Å². The fraction of sp³-hybridized carbons (Fsp3) is 0.125. The van der Waals surface area contributed by atoms with Gasteiger partial charge in [-0.15, -0.1) is 0 Å². The molecule has 25 heavy (non-hydrogen) atoms. The van der Waals surface area contributed by atoms with Gasteiger partial charge in [0.15, 0.2) is 0 Å². The molecule has 2 N–H and O–H groups in total. The number of halogens is 1. The Labute approximate surface area is 141 Å². The Bertz CT molecular complexity index is 825. The molecule has 0 saturated carbocycles. The van der Waals surface area contributed by atoms with E-state index in [4.69, 9.17) is 0 Å². The Balaban J connectivity index is 2.12. The number of benzene rings is 2. The number of hydrogen-bond donors (Lipinski definition) is 2. The highest BCUT2D eigenvalue weighted by atomic mass is 19.1. The van der Waals surface area contributed by atoms with Gasteiger partial charge in [-0.05, 0) is 18.2 Å². The first kappa shape index (κ1) is 17.9. The van der Waals surface area contributed by atoms with Crippen LogP contribution in [0.3, 0.4) is 0 Å². The number of nitro benzene ring substituents is 1. The number of nitro groups is 1. The number of rotatable bonds is 5. The van der Waals surface area contributed by atoms with E-state index in [0.717, 1.165) is 13.2 Å². The minimum atomic E-state index is -0.859. The zero-order valence-corrected chi connectivity index (χ0v) is 13.1. The molecule has 2 aromatic rings. The number of anilines is 2. The zero-order valence-electron chi connectivity index (χ0n) is 13.1. The van der Waals surface area contributed by atoms with Crippen molar-refractivity contribution in [2.45, 2.75) is 6.42 Å². The number of methoxy groups -OCH3 is 1. The highest BCUT2D eigenvalue weighted by molar-refractivity contribution is 5.94. The molecule has 0 spiro atoms. The van der Waals surface area contributed by atoms with Crippen LogP contribution in [0.4, 0.5) is 26.2 Å². The van der Waals surface area contributed by atoms with Crippen LogP contribution in [0.25, 0.3) is 0 Å². The molecule has 0 saturated heterocycles. The fourth-order valence-corrected chi connectivity index (χ4v) is 2.08. The van der Waals surface area contributed by atoms with E-state index in [0.29, 0.717) is 0 Å². The standard InChI is InChI=1S/C16H14FN3O5/c1-25-16(22)19-13-9-11(6-7-12(13)17)18-15(21)8-10-4-2-3-5-14(10)20(23)24/h2-7,9H,8H2,1H3,(H,18,21)(H,19,22). The van der Waals surface area contributed by atoms with E-state index in [-0.39, 0.29) is 29.0 Å². The van der Waals surface area contributed by atoms with Gasteiger partial charge in [0.25, 0.3) is 5.69 Å². The monoisotopic (exact) mass is 347 g/mol. The van der Waals surface area contributed by atoms with Crippen molar-refractivity contribution in [3.63, 3.8) is 0 Å². The SMILES string of the molecule is COC(=O)Nc1cc(NC(=O)Cc2ccccc2[N+](=O)[O-])ccc1F. The Morgan fingerprint density at radius 3 is 2.60 bits per heavy atom. The second kappa shape index (κ2) is 7.86. The van der Waals surface area contributed by atoms with Crippen molar-refractivity contribution < 1.29 is 23.6 Å². The van der Waals surface area contributed by atoms with Crippen LogP contribution in [0.1, 0.15) is 5.56 Å². The predicted molar refractivity (Wildman–Crippen MR) is 87.9 cm³/mol. The van der Waals surface area contributed by atoms with Crippen molar-refractivity contribution in [3.05, 3.63) is 64.0 Å². The summed E-state index contributed by atoms with van der Waals surface area (Å²) in [5.74, 6) is -1.23. The van der Waals surface area contributed by atoms with Crippen molar-refractivity contribution in [2.75, 3.05) is 17.7 Å². The third-order valence-corrected chi connectivity index (χ3v) is 3.21. The minimum absolute atomic E-state index is 0.162. The first-order chi connectivity index (χ1) is 11.9. The molecular formula is C16H14FN3O5. The van der Waals surface area contributed by atoms with Crippen molar-refractivity contribution in [1.82, 2.24) is 0 Å². The molecule has 0 aliphatic rings. The molecule has 130 valence electrons. The summed E-state index contributed by atoms with van der Waals surface area (Å²) >= 11 is 0. The van der Waals surface area contributed by atoms with Gasteiger partial charge in [-0.2, -0.15) is 0 Å². The van der Waals surface area contributed by atoms with Crippen molar-refractivity contribution >= 4 is 29.1 Å². The van der Waals surface area contributed by atoms with Crippen molar-refractivity contribution in [2.24, 2.45) is 0 Å². The first-order valence-corrected chi connectivity index (χ1v) is 7.07. The molecule has 0 bridgehead atoms. The Morgan fingerprint density at radius 1 is 1.20 bits per heavy atom. The van der Waals surface area contributed by atoms with E-state index in [9.17, 15) is 24.1 Å². The molecule has 0 heterocycles. The third-order valence-electron chi connectivity index (χ3n) is 3.21. The maximum atomic E-state index is 13.6. The summed E-state index contributed by atoms with van der Waals surface area (Å²) in [4.78, 5) is 33.6. The average molecular weight is 347 g/mol. The summed E-state index contributed by atoms with van der Waals surface area (Å²) in [7, 11) is 1.13. The molecule has 0 aliphatic heterocycles. The lowest BCUT2D eigenvalue weighted by atomic mass is 10.1. The molecule has 0 unspecified atom stereocenters. The lowest BCUT2D eigenvalue weighted by molar-refractivity contribution is -0.385. The quantitative estimate of drug-likeness (QED) is 0.638. The van der Waals surface area contributed by atoms with Crippen LogP contribution in [-0.4, -0.2) is 24.0 Å². The maximum Gasteiger partial charge on any atom is 0.411 e. The highest BCUT2D eigenvalue weighted by Gasteiger charge is 2.16. The zero-order chi connectivity index (χ0) is 18.4. The summed E-state index contributed by atoms with van der Waals surface area (Å²) in [5.41, 5.74) is 0.136. The summed E-state index contributed by atoms with van der Waals surface area (Å²) in [6, 6.07) is 9.45. The molecule has 2 aromatic carbocycles. The summed E-state index contributed by atoms with van der Waals surface area (Å²) in [5, 5.41) is 15.6. The minimum Gasteiger partial charge on any atom is -0.453 e. The third kappa shape index (κ3) is 4.74. The van der Waals surface area contributed by atoms with E-state index in [1.165, 1.54) is 30.3 Å². The van der Waals surface area contributed by atoms with E-state index < -0.39 is 22.7 Å². The molecule has 0 radical (unpaired) electrons. The summed E-state index contributed by atoms with van der Waals surface area (Å²) in [6.07, 6.45) is -1.09. The van der Waals surface area contributed by atoms with Gasteiger partial charge in [-0.1, -0.05) is 18.2 Å². The molecular weight excluding hydrogens is 333 g/mol. The van der Waals surface area contributed by atoms with E-state index >= 15 is 0 Å². The number of para-hydroxylation sites is 1. The second-order valence-corrected chi connectivity index (χ2v) is 4.92. The average Bonchev–Trinajstić information content (AvgIpc) is 2.58. The number of carbonyl (C=O) groups is 2. The van der Waals surface area contributed by atoms with E-state index in [2.05, 4.69) is 15.4 Å². The molecule has 8 nitrogen and oxygen atoms in total. The van der Waals surface area contributed by atoms with Gasteiger partial charge in [0, 0.05) is 17.3 Å². The lowest BCUT2D eigenvalue weighted by Gasteiger charge is -2.09. The van der Waals surface area contributed by atoms with E-state index in [1.54, 1.807) is 6.07 Å². The van der Waals surface area contributed by atoms with Crippen LogP contribution in [0.5, 0.6) is 0 Å². The largest absolute Gasteiger partial charge is 0.453 e. The molecule has 9 heteroatoms. The topological polar surface area (TPSA) is 111 Å². The summed E-state index contributed by atoms with van der Waals surface area (Å²) in [6.45, 7) is 0. The van der Waals surface area contributed by atoms with Gasteiger partial charge in [0.2, 0.25) is 5.91 Å². The normalized spacial score (nSPS) is 10.0. The predicted octanol–water partition coefficient (Wildman–Crippen LogP) is 3.09. The molecule has 0 fully saturated rings. The number of hydrogen-bond acceptors (Lipinski definition) is 5. The van der Waals surface area contributed by atoms with Gasteiger partial charge in [0.05, 0.1) is 24.1 Å². The van der Waals surface area contributed by atoms with Crippen LogP contribution in [-0.2, 0) is 16.0 Å². The maximum absolute atomic E-state index is 13.6. The second-order valence-electron chi connectivity index (χ2n) is 4.92. The molecule has 0 atom stereocenters. The summed E-state index contributed by atoms with van der Waals surface area (Å²) < 4.78 is 18.0. The molecule has 2 rings (SSSR count). The van der Waals surface area contributed by atoms with Gasteiger partial charge < -0.3 is 10.1 Å². The van der Waals surface area contributed by atoms with Crippen LogP contribution in [0, 0.1) is 15.9 Å². The number of nitrogens with zero attached hydrogens (tertiary/aromatic N) is 1. The molecule has 0 aromatic heterocycles. The first-order valence-electron chi connectivity index (χ1n) is 7.07. The van der Waals surface area contributed by atoms with Gasteiger partial charge in [-0.3, -0.25) is 20.2 Å². The lowest BCUT2D eigenvalue weighted by Crippen LogP contribution is -2.16. The Morgan fingerprint density at radius 2 is 1.92 bits per heavy atom. The Kier molecular flexibility index (Phi) is 5.62. The van der Waals surface area contributed by atoms with Crippen LogP contribution >= 0.6 is 0 Å². The number of ether oxygens (including phenoxy) is 1. The number of amides is 2. The molecule has 0 aliphatic carbocycles. The van der Waals surface area contributed by atoms with Crippen LogP contribution in [0.15, 0.2) is 42.5 Å². The number of nitrogens with one attached hydrogen (secondary N) is 2. The van der Waals surface area contributed by atoms with Crippen molar-refractivity contribution in [3.8, 4) is 0 Å². The fourth-order valence-electron chi connectivity index (χ4n) is 2.08. The van der Waals surface area contributed by atoms with Gasteiger partial charge in [-0.25, -0.2) is 9.18 Å². The van der Waals surface area contributed by atoms with Crippen LogP contribution in [0.2, 0.25) is 0 Å². The van der Waals surface area contributed by atoms with E-state index in [1.807, 2.05) is 0 Å². The van der Waals surface area contributed by atoms with Gasteiger partial charge in [0.1, 0.15) is 5.82 Å². The van der Waals surface area contributed by atoms with Crippen molar-refractivity contribution in [1.29, 1.82) is 0 Å². The Hall–Kier alpha value is -3.49. The smallest absolute Gasteiger partial charge is 0.411 e.